The van der Waals surface area contributed by atoms with Crippen LogP contribution >= 0.6 is 11.8 Å². The molecule has 0 aromatic carbocycles. The van der Waals surface area contributed by atoms with Crippen LogP contribution in [-0.2, 0) is 4.74 Å². The molecular formula is C22H45NO2S. The molecule has 0 aliphatic carbocycles. The molecule has 0 aliphatic heterocycles. The van der Waals surface area contributed by atoms with Crippen molar-refractivity contribution in [2.24, 2.45) is 0 Å². The minimum absolute atomic E-state index is 0.264. The van der Waals surface area contributed by atoms with E-state index in [2.05, 4.69) is 12.2 Å². The van der Waals surface area contributed by atoms with Gasteiger partial charge in [0.15, 0.2) is 0 Å². The van der Waals surface area contributed by atoms with Gasteiger partial charge in [0.05, 0.1) is 0 Å². The molecule has 0 aromatic heterocycles. The number of nitrogens with one attached hydrogen (secondary N) is 1. The van der Waals surface area contributed by atoms with Gasteiger partial charge in [0.25, 0.3) is 0 Å². The minimum atomic E-state index is -0.264. The van der Waals surface area contributed by atoms with Crippen molar-refractivity contribution in [3.63, 3.8) is 0 Å². The van der Waals surface area contributed by atoms with Crippen molar-refractivity contribution in [2.75, 3.05) is 25.2 Å². The average Bonchev–Trinajstić information content (AvgIpc) is 2.64. The number of hydrogen-bond acceptors (Lipinski definition) is 3. The lowest BCUT2D eigenvalue weighted by atomic mass is 10.0. The number of alkyl carbamates (subject to hydrolysis) is 1. The van der Waals surface area contributed by atoms with E-state index >= 15 is 0 Å². The van der Waals surface area contributed by atoms with E-state index in [-0.39, 0.29) is 6.09 Å². The highest BCUT2D eigenvalue weighted by Crippen LogP contribution is 2.13. The van der Waals surface area contributed by atoms with Crippen molar-refractivity contribution < 1.29 is 9.53 Å². The largest absolute Gasteiger partial charge is 0.449 e. The Hall–Kier alpha value is -0.380. The second-order valence-corrected chi connectivity index (χ2v) is 8.34. The smallest absolute Gasteiger partial charge is 0.407 e. The summed E-state index contributed by atoms with van der Waals surface area (Å²) in [5.41, 5.74) is 0. The summed E-state index contributed by atoms with van der Waals surface area (Å²) in [6, 6.07) is 0. The van der Waals surface area contributed by atoms with Crippen molar-refractivity contribution in [2.45, 2.75) is 110 Å². The van der Waals surface area contributed by atoms with E-state index in [1.54, 1.807) is 11.8 Å². The van der Waals surface area contributed by atoms with Gasteiger partial charge in [-0.1, -0.05) is 103 Å². The fourth-order valence-electron chi connectivity index (χ4n) is 3.13. The maximum atomic E-state index is 11.3. The van der Waals surface area contributed by atoms with E-state index in [0.29, 0.717) is 6.61 Å². The molecule has 1 amide bonds. The first-order valence-corrected chi connectivity index (χ1v) is 12.6. The standard InChI is InChI=1S/C22H45NO2S/c1-3-4-5-6-7-8-9-10-11-12-13-14-15-16-17-18-19-23-22(24)25-20-21-26-2/h3-21H2,1-2H3,(H,23,24). The van der Waals surface area contributed by atoms with Crippen LogP contribution < -0.4 is 5.32 Å². The summed E-state index contributed by atoms with van der Waals surface area (Å²) in [5.74, 6) is 0.868. The summed E-state index contributed by atoms with van der Waals surface area (Å²) in [4.78, 5) is 11.3. The molecule has 0 bridgehead atoms. The number of thioether (sulfide) groups is 1. The molecule has 4 heteroatoms. The van der Waals surface area contributed by atoms with Crippen molar-refractivity contribution in [1.82, 2.24) is 5.32 Å². The molecule has 0 heterocycles. The van der Waals surface area contributed by atoms with Gasteiger partial charge >= 0.3 is 6.09 Å². The number of unbranched alkanes of at least 4 members (excludes halogenated alkanes) is 15. The number of amides is 1. The van der Waals surface area contributed by atoms with Crippen LogP contribution in [0.25, 0.3) is 0 Å². The number of carbonyl (C=O) groups is 1. The molecule has 0 saturated carbocycles. The molecule has 0 spiro atoms. The van der Waals surface area contributed by atoms with Gasteiger partial charge < -0.3 is 10.1 Å². The first kappa shape index (κ1) is 25.6. The first-order valence-electron chi connectivity index (χ1n) is 11.2. The summed E-state index contributed by atoms with van der Waals surface area (Å²) >= 11 is 1.69. The number of hydrogen-bond donors (Lipinski definition) is 1. The summed E-state index contributed by atoms with van der Waals surface area (Å²) in [6.07, 6.45) is 23.7. The van der Waals surface area contributed by atoms with Crippen LogP contribution in [0.5, 0.6) is 0 Å². The summed E-state index contributed by atoms with van der Waals surface area (Å²) in [6.45, 7) is 3.53. The van der Waals surface area contributed by atoms with Gasteiger partial charge in [-0.25, -0.2) is 4.79 Å². The molecule has 0 aliphatic rings. The van der Waals surface area contributed by atoms with Crippen LogP contribution in [0.4, 0.5) is 4.79 Å². The third-order valence-electron chi connectivity index (χ3n) is 4.82. The Labute approximate surface area is 167 Å². The molecule has 156 valence electrons. The Morgan fingerprint density at radius 2 is 1.15 bits per heavy atom. The monoisotopic (exact) mass is 387 g/mol. The first-order chi connectivity index (χ1) is 12.8. The molecule has 0 radical (unpaired) electrons. The zero-order valence-corrected chi connectivity index (χ0v) is 18.5. The predicted octanol–water partition coefficient (Wildman–Crippen LogP) is 7.34. The Morgan fingerprint density at radius 3 is 1.58 bits per heavy atom. The molecule has 0 fully saturated rings. The summed E-state index contributed by atoms with van der Waals surface area (Å²) < 4.78 is 5.04. The second-order valence-electron chi connectivity index (χ2n) is 7.36. The van der Waals surface area contributed by atoms with E-state index in [0.717, 1.165) is 18.7 Å². The fraction of sp³-hybridized carbons (Fsp3) is 0.955. The highest BCUT2D eigenvalue weighted by atomic mass is 32.2. The maximum Gasteiger partial charge on any atom is 0.407 e. The molecule has 1 N–H and O–H groups in total. The molecule has 3 nitrogen and oxygen atoms in total. The van der Waals surface area contributed by atoms with E-state index < -0.39 is 0 Å². The van der Waals surface area contributed by atoms with Crippen LogP contribution in [0.15, 0.2) is 0 Å². The number of carbonyl (C=O) groups excluding carboxylic acids is 1. The Morgan fingerprint density at radius 1 is 0.731 bits per heavy atom. The molecule has 0 aromatic rings. The lowest BCUT2D eigenvalue weighted by molar-refractivity contribution is 0.153. The predicted molar refractivity (Wildman–Crippen MR) is 117 cm³/mol. The molecule has 0 atom stereocenters. The van der Waals surface area contributed by atoms with Crippen LogP contribution in [-0.4, -0.2) is 31.3 Å². The third-order valence-corrected chi connectivity index (χ3v) is 5.40. The van der Waals surface area contributed by atoms with Crippen molar-refractivity contribution in [3.8, 4) is 0 Å². The SMILES string of the molecule is CCCCCCCCCCCCCCCCCCNC(=O)OCCSC. The fourth-order valence-corrected chi connectivity index (χ4v) is 3.38. The van der Waals surface area contributed by atoms with Gasteiger partial charge in [0, 0.05) is 12.3 Å². The quantitative estimate of drug-likeness (QED) is 0.222. The average molecular weight is 388 g/mol. The van der Waals surface area contributed by atoms with Gasteiger partial charge in [-0.15, -0.1) is 0 Å². The highest BCUT2D eigenvalue weighted by Gasteiger charge is 2.00. The Kier molecular flexibility index (Phi) is 22.3. The topological polar surface area (TPSA) is 38.3 Å². The van der Waals surface area contributed by atoms with E-state index in [9.17, 15) is 4.79 Å². The lowest BCUT2D eigenvalue weighted by Gasteiger charge is -2.06. The van der Waals surface area contributed by atoms with E-state index in [4.69, 9.17) is 4.74 Å². The summed E-state index contributed by atoms with van der Waals surface area (Å²) in [5, 5.41) is 2.82. The Bertz CT molecular complexity index is 287. The normalized spacial score (nSPS) is 10.8. The number of rotatable bonds is 20. The zero-order valence-electron chi connectivity index (χ0n) is 17.7. The third kappa shape index (κ3) is 21.7. The molecular weight excluding hydrogens is 342 g/mol. The maximum absolute atomic E-state index is 11.3. The van der Waals surface area contributed by atoms with E-state index in [1.807, 2.05) is 6.26 Å². The highest BCUT2D eigenvalue weighted by molar-refractivity contribution is 7.98. The Balaban J connectivity index is 3.06. The van der Waals surface area contributed by atoms with Crippen molar-refractivity contribution in [3.05, 3.63) is 0 Å². The van der Waals surface area contributed by atoms with Crippen LogP contribution in [0, 0.1) is 0 Å². The van der Waals surface area contributed by atoms with Gasteiger partial charge in [-0.05, 0) is 12.7 Å². The minimum Gasteiger partial charge on any atom is -0.449 e. The molecule has 0 unspecified atom stereocenters. The van der Waals surface area contributed by atoms with Gasteiger partial charge in [-0.2, -0.15) is 11.8 Å². The second kappa shape index (κ2) is 22.7. The molecule has 26 heavy (non-hydrogen) atoms. The van der Waals surface area contributed by atoms with Gasteiger partial charge in [0.2, 0.25) is 0 Å². The number of ether oxygens (including phenoxy) is 1. The van der Waals surface area contributed by atoms with Crippen molar-refractivity contribution >= 4 is 17.9 Å². The van der Waals surface area contributed by atoms with Crippen LogP contribution in [0.3, 0.4) is 0 Å². The van der Waals surface area contributed by atoms with Gasteiger partial charge in [0.1, 0.15) is 6.61 Å². The zero-order chi connectivity index (χ0) is 19.1. The summed E-state index contributed by atoms with van der Waals surface area (Å²) in [7, 11) is 0. The van der Waals surface area contributed by atoms with E-state index in [1.165, 1.54) is 96.3 Å². The van der Waals surface area contributed by atoms with Crippen LogP contribution in [0.2, 0.25) is 0 Å². The molecule has 0 saturated heterocycles. The van der Waals surface area contributed by atoms with Crippen molar-refractivity contribution in [1.29, 1.82) is 0 Å². The van der Waals surface area contributed by atoms with Gasteiger partial charge in [-0.3, -0.25) is 0 Å². The van der Waals surface area contributed by atoms with Crippen LogP contribution in [0.1, 0.15) is 110 Å². The lowest BCUT2D eigenvalue weighted by Crippen LogP contribution is -2.26. The molecule has 0 rings (SSSR count).